The van der Waals surface area contributed by atoms with Crippen molar-refractivity contribution in [1.29, 1.82) is 0 Å². The van der Waals surface area contributed by atoms with Crippen LogP contribution in [0.25, 0.3) is 0 Å². The molecule has 0 saturated heterocycles. The number of aryl methyl sites for hydroxylation is 1. The molecular weight excluding hydrogens is 407 g/mol. The fraction of sp³-hybridized carbons (Fsp3) is 0.381. The number of methoxy groups -OCH3 is 1. The summed E-state index contributed by atoms with van der Waals surface area (Å²) in [6.07, 6.45) is 0. The van der Waals surface area contributed by atoms with E-state index in [1.54, 1.807) is 0 Å². The zero-order valence-electron chi connectivity index (χ0n) is 16.3. The van der Waals surface area contributed by atoms with Gasteiger partial charge in [0.25, 0.3) is 0 Å². The third kappa shape index (κ3) is 6.31. The van der Waals surface area contributed by atoms with Gasteiger partial charge in [0.05, 0.1) is 0 Å². The minimum absolute atomic E-state index is 0.257. The zero-order valence-corrected chi connectivity index (χ0v) is 19.0. The van der Waals surface area contributed by atoms with Crippen LogP contribution in [0.5, 0.6) is 5.75 Å². The molecule has 0 amide bonds. The average Bonchev–Trinajstić information content (AvgIpc) is 2.59. The molecule has 0 aliphatic rings. The molecule has 0 aromatic heterocycles. The molecule has 140 valence electrons. The summed E-state index contributed by atoms with van der Waals surface area (Å²) in [4.78, 5) is 12.3. The molecule has 0 aliphatic heterocycles. The van der Waals surface area contributed by atoms with E-state index in [2.05, 4.69) is 43.9 Å². The number of esters is 1. The third-order valence-electron chi connectivity index (χ3n) is 4.04. The summed E-state index contributed by atoms with van der Waals surface area (Å²) in [5.74, 6) is 0.585. The van der Waals surface area contributed by atoms with Crippen molar-refractivity contribution in [2.45, 2.75) is 37.9 Å². The summed E-state index contributed by atoms with van der Waals surface area (Å²) in [7, 11) is 0.309. The number of carbonyl (C=O) groups is 1. The molecule has 26 heavy (non-hydrogen) atoms. The van der Waals surface area contributed by atoms with Crippen molar-refractivity contribution in [3.05, 3.63) is 59.2 Å². The summed E-state index contributed by atoms with van der Waals surface area (Å²) in [6.45, 7) is 9.72. The van der Waals surface area contributed by atoms with E-state index in [1.165, 1.54) is 11.6 Å². The second-order valence-electron chi connectivity index (χ2n) is 7.53. The van der Waals surface area contributed by atoms with Crippen LogP contribution in [-0.4, -0.2) is 42.7 Å². The molecule has 0 saturated carbocycles. The summed E-state index contributed by atoms with van der Waals surface area (Å²) < 4.78 is 12.3. The molecule has 2 aromatic carbocycles. The Morgan fingerprint density at radius 1 is 1.12 bits per heavy atom. The summed E-state index contributed by atoms with van der Waals surface area (Å²) in [5.41, 5.74) is 2.62. The van der Waals surface area contributed by atoms with Crippen molar-refractivity contribution in [3.8, 4) is 5.75 Å². The van der Waals surface area contributed by atoms with Gasteiger partial charge in [0, 0.05) is 0 Å². The van der Waals surface area contributed by atoms with Crippen LogP contribution in [0.3, 0.4) is 0 Å². The van der Waals surface area contributed by atoms with Gasteiger partial charge in [-0.25, -0.2) is 0 Å². The standard InChI is InChI=1S/C21H28O3SeSi/c1-16-13-18(24-11-12-26(3,4)5)14-17(20(16)21(22)23-2)15-25-19-9-7-6-8-10-19/h6-10,13-14H,11-12,15H2,1-5H3. The number of carbonyl (C=O) groups excluding carboxylic acids is 1. The Morgan fingerprint density at radius 3 is 2.42 bits per heavy atom. The molecule has 2 rings (SSSR count). The Labute approximate surface area is 164 Å². The summed E-state index contributed by atoms with van der Waals surface area (Å²) >= 11 is 0.257. The average molecular weight is 435 g/mol. The van der Waals surface area contributed by atoms with Crippen molar-refractivity contribution in [3.63, 3.8) is 0 Å². The van der Waals surface area contributed by atoms with Gasteiger partial charge >= 0.3 is 164 Å². The third-order valence-corrected chi connectivity index (χ3v) is 7.97. The first-order chi connectivity index (χ1) is 12.3. The van der Waals surface area contributed by atoms with Crippen LogP contribution >= 0.6 is 0 Å². The first-order valence-electron chi connectivity index (χ1n) is 8.82. The van der Waals surface area contributed by atoms with Crippen LogP contribution in [0.2, 0.25) is 25.7 Å². The topological polar surface area (TPSA) is 35.5 Å². The van der Waals surface area contributed by atoms with Gasteiger partial charge in [-0.3, -0.25) is 0 Å². The van der Waals surface area contributed by atoms with Crippen molar-refractivity contribution in [2.75, 3.05) is 13.7 Å². The van der Waals surface area contributed by atoms with Crippen LogP contribution in [0.1, 0.15) is 21.5 Å². The number of benzene rings is 2. The number of hydrogen-bond donors (Lipinski definition) is 0. The van der Waals surface area contributed by atoms with Crippen molar-refractivity contribution >= 4 is 33.5 Å². The van der Waals surface area contributed by atoms with Crippen molar-refractivity contribution in [1.82, 2.24) is 0 Å². The first kappa shape index (κ1) is 20.8. The van der Waals surface area contributed by atoms with Gasteiger partial charge in [-0.2, -0.15) is 0 Å². The van der Waals surface area contributed by atoms with E-state index in [0.717, 1.165) is 34.8 Å². The van der Waals surface area contributed by atoms with Crippen LogP contribution < -0.4 is 9.20 Å². The summed E-state index contributed by atoms with van der Waals surface area (Å²) in [5, 5.41) is 0.841. The van der Waals surface area contributed by atoms with E-state index in [0.29, 0.717) is 5.56 Å². The van der Waals surface area contributed by atoms with Gasteiger partial charge in [-0.1, -0.05) is 0 Å². The zero-order chi connectivity index (χ0) is 19.2. The fourth-order valence-electron chi connectivity index (χ4n) is 2.57. The monoisotopic (exact) mass is 436 g/mol. The molecule has 5 heteroatoms. The second-order valence-corrected chi connectivity index (χ2v) is 15.3. The van der Waals surface area contributed by atoms with Crippen molar-refractivity contribution in [2.24, 2.45) is 0 Å². The van der Waals surface area contributed by atoms with Gasteiger partial charge < -0.3 is 0 Å². The Hall–Kier alpha value is -1.55. The van der Waals surface area contributed by atoms with Gasteiger partial charge in [-0.05, 0) is 0 Å². The Morgan fingerprint density at radius 2 is 1.81 bits per heavy atom. The van der Waals surface area contributed by atoms with E-state index in [1.807, 2.05) is 25.1 Å². The molecule has 0 spiro atoms. The van der Waals surface area contributed by atoms with Gasteiger partial charge in [0.2, 0.25) is 0 Å². The number of ether oxygens (including phenoxy) is 2. The Balaban J connectivity index is 2.21. The van der Waals surface area contributed by atoms with Gasteiger partial charge in [0.1, 0.15) is 0 Å². The molecule has 0 bridgehead atoms. The Kier molecular flexibility index (Phi) is 7.51. The first-order valence-corrected chi connectivity index (χ1v) is 14.6. The van der Waals surface area contributed by atoms with E-state index < -0.39 is 8.07 Å². The van der Waals surface area contributed by atoms with E-state index in [9.17, 15) is 4.79 Å². The molecule has 0 radical (unpaired) electrons. The SMILES string of the molecule is COC(=O)c1c(C)cc(OCC[Si](C)(C)C)cc1C[Se]c1ccccc1. The van der Waals surface area contributed by atoms with Crippen LogP contribution in [-0.2, 0) is 10.1 Å². The molecule has 0 unspecified atom stereocenters. The van der Waals surface area contributed by atoms with Crippen LogP contribution in [0, 0.1) is 6.92 Å². The molecule has 0 heterocycles. The molecule has 0 aliphatic carbocycles. The molecule has 0 N–H and O–H groups in total. The van der Waals surface area contributed by atoms with E-state index >= 15 is 0 Å². The van der Waals surface area contributed by atoms with E-state index in [-0.39, 0.29) is 20.9 Å². The van der Waals surface area contributed by atoms with Crippen molar-refractivity contribution < 1.29 is 14.3 Å². The van der Waals surface area contributed by atoms with Crippen LogP contribution in [0.15, 0.2) is 42.5 Å². The Bertz CT molecular complexity index is 739. The predicted octanol–water partition coefficient (Wildman–Crippen LogP) is 4.03. The number of rotatable bonds is 8. The maximum atomic E-state index is 12.3. The van der Waals surface area contributed by atoms with Gasteiger partial charge in [0.15, 0.2) is 0 Å². The molecule has 0 fully saturated rings. The maximum absolute atomic E-state index is 12.3. The predicted molar refractivity (Wildman–Crippen MR) is 112 cm³/mol. The molecule has 0 atom stereocenters. The number of hydrogen-bond acceptors (Lipinski definition) is 3. The minimum atomic E-state index is -1.13. The summed E-state index contributed by atoms with van der Waals surface area (Å²) in [6, 6.07) is 15.5. The fourth-order valence-corrected chi connectivity index (χ4v) is 5.17. The molecular formula is C21H28O3SeSi. The molecule has 2 aromatic rings. The van der Waals surface area contributed by atoms with E-state index in [4.69, 9.17) is 9.47 Å². The second kappa shape index (κ2) is 9.40. The quantitative estimate of drug-likeness (QED) is 0.464. The molecule has 3 nitrogen and oxygen atoms in total. The van der Waals surface area contributed by atoms with Gasteiger partial charge in [-0.15, -0.1) is 0 Å². The van der Waals surface area contributed by atoms with Crippen LogP contribution in [0.4, 0.5) is 0 Å². The normalized spacial score (nSPS) is 11.3.